The zero-order valence-electron chi connectivity index (χ0n) is 16.5. The minimum Gasteiger partial charge on any atom is -0.480 e. The first kappa shape index (κ1) is 22.8. The summed E-state index contributed by atoms with van der Waals surface area (Å²) in [6.45, 7) is 8.12. The number of carbonyl (C=O) groups excluding carboxylic acids is 1. The van der Waals surface area contributed by atoms with Crippen molar-refractivity contribution in [1.82, 2.24) is 25.5 Å². The van der Waals surface area contributed by atoms with Gasteiger partial charge in [0.25, 0.3) is 5.91 Å². The molecule has 8 nitrogen and oxygen atoms in total. The molecule has 156 valence electrons. The number of amides is 1. The molecule has 0 atom stereocenters. The number of halogens is 1. The number of nitrogens with zero attached hydrogens (tertiary/aromatic N) is 3. The molecule has 1 aliphatic heterocycles. The molecular formula is C18H28ClN5O3S. The number of hydrogen-bond acceptors (Lipinski definition) is 8. The topological polar surface area (TPSA) is 88.6 Å². The van der Waals surface area contributed by atoms with E-state index in [-0.39, 0.29) is 18.3 Å². The van der Waals surface area contributed by atoms with E-state index in [4.69, 9.17) is 9.47 Å². The van der Waals surface area contributed by atoms with Crippen LogP contribution in [0.1, 0.15) is 27.5 Å². The second-order valence-corrected chi connectivity index (χ2v) is 7.52. The molecule has 0 bridgehead atoms. The van der Waals surface area contributed by atoms with Crippen molar-refractivity contribution in [2.75, 3.05) is 53.5 Å². The van der Waals surface area contributed by atoms with E-state index in [1.54, 1.807) is 14.2 Å². The van der Waals surface area contributed by atoms with E-state index in [0.717, 1.165) is 54.9 Å². The summed E-state index contributed by atoms with van der Waals surface area (Å²) in [5.74, 6) is 0.968. The molecule has 1 amide bonds. The van der Waals surface area contributed by atoms with Gasteiger partial charge >= 0.3 is 0 Å². The number of carbonyl (C=O) groups is 1. The SMILES string of the molecule is COCc1nc(OC)c2c(C)c(C(=O)NCCCN3CCNCC3)sc2n1.Cl. The van der Waals surface area contributed by atoms with Crippen molar-refractivity contribution in [2.24, 2.45) is 0 Å². The molecular weight excluding hydrogens is 402 g/mol. The summed E-state index contributed by atoms with van der Waals surface area (Å²) in [4.78, 5) is 25.4. The molecule has 1 saturated heterocycles. The van der Waals surface area contributed by atoms with Gasteiger partial charge in [-0.15, -0.1) is 23.7 Å². The Labute approximate surface area is 175 Å². The van der Waals surface area contributed by atoms with E-state index in [0.29, 0.717) is 29.7 Å². The summed E-state index contributed by atoms with van der Waals surface area (Å²) in [6, 6.07) is 0. The molecule has 0 spiro atoms. The third-order valence-corrected chi connectivity index (χ3v) is 5.81. The molecule has 0 unspecified atom stereocenters. The number of fused-ring (bicyclic) bond motifs is 1. The highest BCUT2D eigenvalue weighted by Crippen LogP contribution is 2.34. The van der Waals surface area contributed by atoms with Gasteiger partial charge < -0.3 is 25.0 Å². The van der Waals surface area contributed by atoms with Crippen molar-refractivity contribution in [3.05, 3.63) is 16.3 Å². The number of aromatic nitrogens is 2. The van der Waals surface area contributed by atoms with Gasteiger partial charge in [0.05, 0.1) is 17.4 Å². The number of hydrogen-bond donors (Lipinski definition) is 2. The highest BCUT2D eigenvalue weighted by Gasteiger charge is 2.21. The second kappa shape index (κ2) is 10.9. The lowest BCUT2D eigenvalue weighted by Crippen LogP contribution is -2.44. The lowest BCUT2D eigenvalue weighted by atomic mass is 10.2. The molecule has 0 radical (unpaired) electrons. The third kappa shape index (κ3) is 5.30. The van der Waals surface area contributed by atoms with E-state index in [9.17, 15) is 4.79 Å². The lowest BCUT2D eigenvalue weighted by Gasteiger charge is -2.27. The predicted octanol–water partition coefficient (Wildman–Crippen LogP) is 1.60. The molecule has 10 heteroatoms. The van der Waals surface area contributed by atoms with Crippen LogP contribution in [0.3, 0.4) is 0 Å². The van der Waals surface area contributed by atoms with Gasteiger partial charge in [0.2, 0.25) is 5.88 Å². The zero-order chi connectivity index (χ0) is 19.2. The summed E-state index contributed by atoms with van der Waals surface area (Å²) in [7, 11) is 3.17. The Morgan fingerprint density at radius 3 is 2.71 bits per heavy atom. The average Bonchev–Trinajstić information content (AvgIpc) is 3.02. The summed E-state index contributed by atoms with van der Waals surface area (Å²) in [5, 5.41) is 7.18. The van der Waals surface area contributed by atoms with Crippen LogP contribution in [-0.4, -0.2) is 74.3 Å². The molecule has 28 heavy (non-hydrogen) atoms. The molecule has 3 heterocycles. The first-order valence-electron chi connectivity index (χ1n) is 9.18. The van der Waals surface area contributed by atoms with Crippen molar-refractivity contribution >= 4 is 39.9 Å². The van der Waals surface area contributed by atoms with Crippen LogP contribution in [0.5, 0.6) is 5.88 Å². The lowest BCUT2D eigenvalue weighted by molar-refractivity contribution is 0.0955. The molecule has 0 saturated carbocycles. The smallest absolute Gasteiger partial charge is 0.261 e. The summed E-state index contributed by atoms with van der Waals surface area (Å²) in [5.41, 5.74) is 0.857. The van der Waals surface area contributed by atoms with Crippen molar-refractivity contribution in [1.29, 1.82) is 0 Å². The Balaban J connectivity index is 0.00000280. The van der Waals surface area contributed by atoms with Crippen LogP contribution in [-0.2, 0) is 11.3 Å². The van der Waals surface area contributed by atoms with Crippen LogP contribution in [0.4, 0.5) is 0 Å². The highest BCUT2D eigenvalue weighted by atomic mass is 35.5. The number of nitrogens with one attached hydrogen (secondary N) is 2. The van der Waals surface area contributed by atoms with Crippen molar-refractivity contribution in [3.63, 3.8) is 0 Å². The third-order valence-electron chi connectivity index (χ3n) is 4.62. The van der Waals surface area contributed by atoms with Gasteiger partial charge in [-0.1, -0.05) is 0 Å². The van der Waals surface area contributed by atoms with Gasteiger partial charge in [-0.2, -0.15) is 4.98 Å². The van der Waals surface area contributed by atoms with Gasteiger partial charge in [-0.3, -0.25) is 4.79 Å². The minimum atomic E-state index is -0.0637. The van der Waals surface area contributed by atoms with E-state index in [1.807, 2.05) is 6.92 Å². The Morgan fingerprint density at radius 2 is 2.04 bits per heavy atom. The van der Waals surface area contributed by atoms with Gasteiger partial charge in [0.1, 0.15) is 11.4 Å². The molecule has 1 fully saturated rings. The first-order valence-corrected chi connectivity index (χ1v) is 10.00. The monoisotopic (exact) mass is 429 g/mol. The Kier molecular flexibility index (Phi) is 8.84. The molecule has 0 aliphatic carbocycles. The maximum Gasteiger partial charge on any atom is 0.261 e. The number of methoxy groups -OCH3 is 2. The maximum atomic E-state index is 12.7. The molecule has 1 aliphatic rings. The fraction of sp³-hybridized carbons (Fsp3) is 0.611. The first-order chi connectivity index (χ1) is 13.1. The van der Waals surface area contributed by atoms with Gasteiger partial charge in [-0.25, -0.2) is 4.98 Å². The van der Waals surface area contributed by atoms with Crippen molar-refractivity contribution in [2.45, 2.75) is 20.0 Å². The molecule has 2 aromatic rings. The summed E-state index contributed by atoms with van der Waals surface area (Å²) < 4.78 is 10.5. The molecule has 2 aromatic heterocycles. The highest BCUT2D eigenvalue weighted by molar-refractivity contribution is 7.20. The number of ether oxygens (including phenoxy) is 2. The van der Waals surface area contributed by atoms with Gasteiger partial charge in [-0.05, 0) is 25.5 Å². The molecule has 3 rings (SSSR count). The van der Waals surface area contributed by atoms with Crippen molar-refractivity contribution in [3.8, 4) is 5.88 Å². The maximum absolute atomic E-state index is 12.7. The summed E-state index contributed by atoms with van der Waals surface area (Å²) in [6.07, 6.45) is 0.941. The minimum absolute atomic E-state index is 0. The van der Waals surface area contributed by atoms with Crippen LogP contribution in [0, 0.1) is 6.92 Å². The van der Waals surface area contributed by atoms with Crippen molar-refractivity contribution < 1.29 is 14.3 Å². The van der Waals surface area contributed by atoms with E-state index in [2.05, 4.69) is 25.5 Å². The largest absolute Gasteiger partial charge is 0.480 e. The van der Waals surface area contributed by atoms with Crippen LogP contribution in [0.25, 0.3) is 10.2 Å². The zero-order valence-corrected chi connectivity index (χ0v) is 18.2. The summed E-state index contributed by atoms with van der Waals surface area (Å²) >= 11 is 1.37. The van der Waals surface area contributed by atoms with Gasteiger partial charge in [0.15, 0.2) is 5.82 Å². The molecule has 0 aromatic carbocycles. The van der Waals surface area contributed by atoms with Crippen LogP contribution < -0.4 is 15.4 Å². The molecule has 2 N–H and O–H groups in total. The fourth-order valence-electron chi connectivity index (χ4n) is 3.22. The Bertz CT molecular complexity index is 795. The number of rotatable bonds is 8. The fourth-order valence-corrected chi connectivity index (χ4v) is 4.33. The standard InChI is InChI=1S/C18H27N5O3S.ClH/c1-12-14-17(26-3)21-13(11-25-2)22-18(14)27-15(12)16(24)20-5-4-8-23-9-6-19-7-10-23;/h19H,4-11H2,1-3H3,(H,20,24);1H. The number of piperazine rings is 1. The van der Waals surface area contributed by atoms with E-state index >= 15 is 0 Å². The van der Waals surface area contributed by atoms with Crippen LogP contribution in [0.15, 0.2) is 0 Å². The van der Waals surface area contributed by atoms with Crippen LogP contribution >= 0.6 is 23.7 Å². The van der Waals surface area contributed by atoms with Crippen LogP contribution in [0.2, 0.25) is 0 Å². The normalized spacial score (nSPS) is 14.7. The average molecular weight is 430 g/mol. The predicted molar refractivity (Wildman–Crippen MR) is 113 cm³/mol. The second-order valence-electron chi connectivity index (χ2n) is 6.52. The van der Waals surface area contributed by atoms with E-state index in [1.165, 1.54) is 11.3 Å². The quantitative estimate of drug-likeness (QED) is 0.616. The van der Waals surface area contributed by atoms with E-state index < -0.39 is 0 Å². The Hall–Kier alpha value is -1.52. The van der Waals surface area contributed by atoms with Gasteiger partial charge in [0, 0.05) is 39.8 Å². The number of thiophene rings is 1. The number of aryl methyl sites for hydroxylation is 1. The Morgan fingerprint density at radius 1 is 1.29 bits per heavy atom.